The number of rotatable bonds is 1. The van der Waals surface area contributed by atoms with E-state index in [0.717, 1.165) is 9.50 Å². The molecule has 2 heteroatoms. The van der Waals surface area contributed by atoms with E-state index in [-0.39, 0.29) is 5.41 Å². The largest absolute Gasteiger partial charge is 0.0843 e. The van der Waals surface area contributed by atoms with Crippen molar-refractivity contribution in [2.24, 2.45) is 0 Å². The van der Waals surface area contributed by atoms with Crippen LogP contribution in [-0.4, -0.2) is 0 Å². The highest BCUT2D eigenvalue weighted by molar-refractivity contribution is 9.10. The SMILES string of the molecule is CC1(C)c2ccc(Cl)cc2-c2ccc(-c3ccccc3Br)cc21. The van der Waals surface area contributed by atoms with Gasteiger partial charge in [-0.1, -0.05) is 77.8 Å². The summed E-state index contributed by atoms with van der Waals surface area (Å²) in [5, 5.41) is 0.794. The standard InChI is InChI=1S/C21H16BrCl/c1-21(2)18-10-8-14(23)12-17(18)16-9-7-13(11-19(16)21)15-5-3-4-6-20(15)22/h3-12H,1-2H3. The zero-order valence-corrected chi connectivity index (χ0v) is 15.4. The lowest BCUT2D eigenvalue weighted by molar-refractivity contribution is 0.660. The Bertz CT molecular complexity index is 925. The first-order chi connectivity index (χ1) is 11.0. The molecule has 3 aromatic carbocycles. The second-order valence-corrected chi connectivity index (χ2v) is 7.85. The van der Waals surface area contributed by atoms with Crippen LogP contribution in [0, 0.1) is 0 Å². The molecule has 0 saturated heterocycles. The monoisotopic (exact) mass is 382 g/mol. The maximum Gasteiger partial charge on any atom is 0.0412 e. The van der Waals surface area contributed by atoms with Crippen LogP contribution in [0.3, 0.4) is 0 Å². The molecule has 114 valence electrons. The number of hydrogen-bond acceptors (Lipinski definition) is 0. The zero-order valence-electron chi connectivity index (χ0n) is 13.0. The molecule has 0 spiro atoms. The lowest BCUT2D eigenvalue weighted by atomic mass is 9.81. The van der Waals surface area contributed by atoms with E-state index in [1.807, 2.05) is 12.1 Å². The van der Waals surface area contributed by atoms with Gasteiger partial charge >= 0.3 is 0 Å². The molecule has 23 heavy (non-hydrogen) atoms. The van der Waals surface area contributed by atoms with Crippen LogP contribution < -0.4 is 0 Å². The summed E-state index contributed by atoms with van der Waals surface area (Å²) in [6, 6.07) is 21.3. The van der Waals surface area contributed by atoms with Gasteiger partial charge in [-0.05, 0) is 57.6 Å². The molecule has 0 bridgehead atoms. The lowest BCUT2D eigenvalue weighted by Crippen LogP contribution is -2.14. The van der Waals surface area contributed by atoms with E-state index in [1.54, 1.807) is 0 Å². The maximum atomic E-state index is 6.22. The van der Waals surface area contributed by atoms with Crippen LogP contribution in [0.2, 0.25) is 5.02 Å². The molecule has 0 heterocycles. The van der Waals surface area contributed by atoms with Crippen LogP contribution in [0.25, 0.3) is 22.3 Å². The molecule has 0 N–H and O–H groups in total. The Hall–Kier alpha value is -1.57. The van der Waals surface area contributed by atoms with Crippen LogP contribution in [0.4, 0.5) is 0 Å². The van der Waals surface area contributed by atoms with E-state index in [0.29, 0.717) is 0 Å². The van der Waals surface area contributed by atoms with Gasteiger partial charge in [0.25, 0.3) is 0 Å². The van der Waals surface area contributed by atoms with E-state index < -0.39 is 0 Å². The molecular formula is C21H16BrCl. The van der Waals surface area contributed by atoms with E-state index in [9.17, 15) is 0 Å². The van der Waals surface area contributed by atoms with Gasteiger partial charge in [0.05, 0.1) is 0 Å². The van der Waals surface area contributed by atoms with Gasteiger partial charge in [0, 0.05) is 14.9 Å². The fourth-order valence-electron chi connectivity index (χ4n) is 3.59. The molecule has 0 atom stereocenters. The number of fused-ring (bicyclic) bond motifs is 3. The van der Waals surface area contributed by atoms with Crippen molar-refractivity contribution in [3.8, 4) is 22.3 Å². The molecule has 1 aliphatic carbocycles. The van der Waals surface area contributed by atoms with Gasteiger partial charge in [-0.2, -0.15) is 0 Å². The van der Waals surface area contributed by atoms with Crippen molar-refractivity contribution in [1.29, 1.82) is 0 Å². The first-order valence-electron chi connectivity index (χ1n) is 7.68. The Kier molecular flexibility index (Phi) is 3.40. The molecule has 0 nitrogen and oxygen atoms in total. The molecule has 3 aromatic rings. The molecule has 0 aliphatic heterocycles. The molecular weight excluding hydrogens is 368 g/mol. The van der Waals surface area contributed by atoms with Crippen molar-refractivity contribution in [2.45, 2.75) is 19.3 Å². The third-order valence-corrected chi connectivity index (χ3v) is 5.75. The van der Waals surface area contributed by atoms with E-state index in [1.165, 1.54) is 33.4 Å². The Morgan fingerprint density at radius 1 is 0.783 bits per heavy atom. The Labute approximate surface area is 150 Å². The quantitative estimate of drug-likeness (QED) is 0.421. The number of hydrogen-bond donors (Lipinski definition) is 0. The summed E-state index contributed by atoms with van der Waals surface area (Å²) in [5.41, 5.74) is 7.72. The van der Waals surface area contributed by atoms with Gasteiger partial charge in [0.1, 0.15) is 0 Å². The molecule has 0 saturated carbocycles. The van der Waals surface area contributed by atoms with E-state index in [4.69, 9.17) is 11.6 Å². The summed E-state index contributed by atoms with van der Waals surface area (Å²) in [5.74, 6) is 0. The Morgan fingerprint density at radius 2 is 1.57 bits per heavy atom. The van der Waals surface area contributed by atoms with Crippen molar-refractivity contribution in [3.05, 3.63) is 81.3 Å². The first-order valence-corrected chi connectivity index (χ1v) is 8.85. The van der Waals surface area contributed by atoms with Crippen LogP contribution >= 0.6 is 27.5 Å². The molecule has 4 rings (SSSR count). The Morgan fingerprint density at radius 3 is 2.35 bits per heavy atom. The van der Waals surface area contributed by atoms with Crippen molar-refractivity contribution in [2.75, 3.05) is 0 Å². The topological polar surface area (TPSA) is 0 Å². The summed E-state index contributed by atoms with van der Waals surface area (Å²) in [6.07, 6.45) is 0. The molecule has 0 fully saturated rings. The molecule has 0 aromatic heterocycles. The average Bonchev–Trinajstić information content (AvgIpc) is 2.75. The molecule has 0 unspecified atom stereocenters. The van der Waals surface area contributed by atoms with E-state index in [2.05, 4.69) is 78.3 Å². The predicted octanol–water partition coefficient (Wildman–Crippen LogP) is 7.08. The number of halogens is 2. The zero-order chi connectivity index (χ0) is 16.2. The van der Waals surface area contributed by atoms with Crippen LogP contribution in [0.5, 0.6) is 0 Å². The fraction of sp³-hybridized carbons (Fsp3) is 0.143. The first kappa shape index (κ1) is 15.0. The minimum atomic E-state index is -0.00742. The summed E-state index contributed by atoms with van der Waals surface area (Å²) >= 11 is 9.89. The van der Waals surface area contributed by atoms with Crippen LogP contribution in [-0.2, 0) is 5.41 Å². The summed E-state index contributed by atoms with van der Waals surface area (Å²) in [7, 11) is 0. The minimum absolute atomic E-state index is 0.00742. The second kappa shape index (κ2) is 5.22. The van der Waals surface area contributed by atoms with Gasteiger partial charge in [0.15, 0.2) is 0 Å². The van der Waals surface area contributed by atoms with Gasteiger partial charge in [-0.25, -0.2) is 0 Å². The highest BCUT2D eigenvalue weighted by Gasteiger charge is 2.35. The van der Waals surface area contributed by atoms with Crippen molar-refractivity contribution < 1.29 is 0 Å². The third-order valence-electron chi connectivity index (χ3n) is 4.82. The van der Waals surface area contributed by atoms with Gasteiger partial charge < -0.3 is 0 Å². The summed E-state index contributed by atoms with van der Waals surface area (Å²) < 4.78 is 1.12. The van der Waals surface area contributed by atoms with Gasteiger partial charge in [-0.15, -0.1) is 0 Å². The Balaban J connectivity index is 1.95. The van der Waals surface area contributed by atoms with Gasteiger partial charge in [0.2, 0.25) is 0 Å². The smallest absolute Gasteiger partial charge is 0.0412 e. The van der Waals surface area contributed by atoms with Crippen molar-refractivity contribution in [1.82, 2.24) is 0 Å². The molecule has 0 radical (unpaired) electrons. The maximum absolute atomic E-state index is 6.22. The van der Waals surface area contributed by atoms with Crippen molar-refractivity contribution in [3.63, 3.8) is 0 Å². The summed E-state index contributed by atoms with van der Waals surface area (Å²) in [6.45, 7) is 4.57. The molecule has 0 amide bonds. The van der Waals surface area contributed by atoms with Gasteiger partial charge in [-0.3, -0.25) is 0 Å². The average molecular weight is 384 g/mol. The third kappa shape index (κ3) is 2.26. The predicted molar refractivity (Wildman–Crippen MR) is 102 cm³/mol. The highest BCUT2D eigenvalue weighted by atomic mass is 79.9. The minimum Gasteiger partial charge on any atom is -0.0843 e. The fourth-order valence-corrected chi connectivity index (χ4v) is 4.27. The van der Waals surface area contributed by atoms with E-state index >= 15 is 0 Å². The summed E-state index contributed by atoms with van der Waals surface area (Å²) in [4.78, 5) is 0. The normalized spacial score (nSPS) is 14.4. The van der Waals surface area contributed by atoms with Crippen LogP contribution in [0.15, 0.2) is 65.1 Å². The lowest BCUT2D eigenvalue weighted by Gasteiger charge is -2.22. The highest BCUT2D eigenvalue weighted by Crippen LogP contribution is 2.50. The van der Waals surface area contributed by atoms with Crippen molar-refractivity contribution >= 4 is 27.5 Å². The number of benzene rings is 3. The second-order valence-electron chi connectivity index (χ2n) is 6.56. The van der Waals surface area contributed by atoms with Crippen LogP contribution in [0.1, 0.15) is 25.0 Å². The molecule has 1 aliphatic rings.